The molecule has 2 heterocycles. The third-order valence-corrected chi connectivity index (χ3v) is 6.98. The van der Waals surface area contributed by atoms with E-state index in [1.807, 2.05) is 6.26 Å². The van der Waals surface area contributed by atoms with Crippen LogP contribution in [0.4, 0.5) is 5.13 Å². The fourth-order valence-corrected chi connectivity index (χ4v) is 4.42. The molecule has 0 aliphatic rings. The number of halogens is 1. The second kappa shape index (κ2) is 7.28. The van der Waals surface area contributed by atoms with E-state index in [0.29, 0.717) is 9.47 Å². The number of rotatable bonds is 5. The number of anilines is 1. The van der Waals surface area contributed by atoms with Crippen LogP contribution in [-0.4, -0.2) is 30.8 Å². The number of amides is 1. The van der Waals surface area contributed by atoms with Gasteiger partial charge in [-0.1, -0.05) is 39.0 Å². The van der Waals surface area contributed by atoms with Crippen LogP contribution in [0.2, 0.25) is 0 Å². The zero-order valence-corrected chi connectivity index (χ0v) is 16.6. The number of furan rings is 1. The van der Waals surface area contributed by atoms with Gasteiger partial charge in [0.2, 0.25) is 20.1 Å². The molecule has 2 aromatic heterocycles. The first kappa shape index (κ1) is 18.1. The van der Waals surface area contributed by atoms with E-state index < -0.39 is 15.7 Å². The summed E-state index contributed by atoms with van der Waals surface area (Å²) in [5.41, 5.74) is 0. The van der Waals surface area contributed by atoms with Crippen molar-refractivity contribution in [1.82, 2.24) is 10.2 Å². The summed E-state index contributed by atoms with van der Waals surface area (Å²) >= 11 is 5.86. The van der Waals surface area contributed by atoms with E-state index in [0.717, 1.165) is 4.47 Å². The van der Waals surface area contributed by atoms with Crippen molar-refractivity contribution < 1.29 is 17.6 Å². The molecule has 0 spiro atoms. The summed E-state index contributed by atoms with van der Waals surface area (Å²) in [6.45, 7) is 0. The summed E-state index contributed by atoms with van der Waals surface area (Å²) in [6, 6.07) is 8.68. The van der Waals surface area contributed by atoms with Crippen molar-refractivity contribution in [2.45, 2.75) is 14.3 Å². The third kappa shape index (κ3) is 3.94. The van der Waals surface area contributed by atoms with Gasteiger partial charge in [0.15, 0.2) is 10.1 Å². The Morgan fingerprint density at radius 1 is 1.20 bits per heavy atom. The van der Waals surface area contributed by atoms with Crippen LogP contribution in [0.3, 0.4) is 0 Å². The quantitative estimate of drug-likeness (QED) is 0.458. The highest BCUT2D eigenvalue weighted by atomic mass is 79.9. The Morgan fingerprint density at radius 2 is 1.92 bits per heavy atom. The smallest absolute Gasteiger partial charge is 0.293 e. The summed E-state index contributed by atoms with van der Waals surface area (Å²) in [4.78, 5) is 12.2. The molecule has 0 bridgehead atoms. The van der Waals surface area contributed by atoms with E-state index in [-0.39, 0.29) is 15.7 Å². The molecule has 3 rings (SSSR count). The maximum atomic E-state index is 12.5. The predicted molar refractivity (Wildman–Crippen MR) is 97.9 cm³/mol. The summed E-state index contributed by atoms with van der Waals surface area (Å²) in [6.07, 6.45) is 1.85. The highest BCUT2D eigenvalue weighted by Gasteiger charge is 2.24. The lowest BCUT2D eigenvalue weighted by molar-refractivity contribution is 0.0991. The van der Waals surface area contributed by atoms with Crippen LogP contribution < -0.4 is 5.32 Å². The largest absolute Gasteiger partial charge is 0.439 e. The zero-order valence-electron chi connectivity index (χ0n) is 12.6. The molecule has 3 aromatic rings. The van der Waals surface area contributed by atoms with Crippen molar-refractivity contribution in [3.63, 3.8) is 0 Å². The van der Waals surface area contributed by atoms with Crippen molar-refractivity contribution in [3.05, 3.63) is 46.6 Å². The van der Waals surface area contributed by atoms with Crippen molar-refractivity contribution in [2.75, 3.05) is 11.6 Å². The summed E-state index contributed by atoms with van der Waals surface area (Å²) in [7, 11) is -3.84. The molecule has 25 heavy (non-hydrogen) atoms. The first-order valence-electron chi connectivity index (χ1n) is 6.69. The number of benzene rings is 1. The highest BCUT2D eigenvalue weighted by Crippen LogP contribution is 2.26. The second-order valence-electron chi connectivity index (χ2n) is 4.61. The summed E-state index contributed by atoms with van der Waals surface area (Å²) < 4.78 is 31.7. The minimum absolute atomic E-state index is 0.0748. The molecule has 1 aromatic carbocycles. The number of sulfone groups is 1. The van der Waals surface area contributed by atoms with Gasteiger partial charge >= 0.3 is 0 Å². The van der Waals surface area contributed by atoms with Gasteiger partial charge in [-0.15, -0.1) is 10.2 Å². The zero-order chi connectivity index (χ0) is 18.0. The van der Waals surface area contributed by atoms with Crippen molar-refractivity contribution in [1.29, 1.82) is 0 Å². The molecule has 0 atom stereocenters. The monoisotopic (exact) mass is 459 g/mol. The molecule has 7 nitrogen and oxygen atoms in total. The Balaban J connectivity index is 1.81. The van der Waals surface area contributed by atoms with Gasteiger partial charge in [-0.3, -0.25) is 10.1 Å². The first-order chi connectivity index (χ1) is 11.9. The normalized spacial score (nSPS) is 11.4. The van der Waals surface area contributed by atoms with Crippen LogP contribution in [0.15, 0.2) is 59.6 Å². The van der Waals surface area contributed by atoms with Crippen LogP contribution in [-0.2, 0) is 9.84 Å². The van der Waals surface area contributed by atoms with Gasteiger partial charge in [0.05, 0.1) is 4.90 Å². The van der Waals surface area contributed by atoms with Crippen LogP contribution in [0.1, 0.15) is 10.6 Å². The summed E-state index contributed by atoms with van der Waals surface area (Å²) in [5, 5.41) is 10.2. The van der Waals surface area contributed by atoms with E-state index in [9.17, 15) is 13.2 Å². The molecule has 11 heteroatoms. The third-order valence-electron chi connectivity index (χ3n) is 3.00. The molecule has 0 aliphatic carbocycles. The van der Waals surface area contributed by atoms with Crippen molar-refractivity contribution >= 4 is 59.9 Å². The van der Waals surface area contributed by atoms with Gasteiger partial charge in [0.25, 0.3) is 5.91 Å². The van der Waals surface area contributed by atoms with Crippen molar-refractivity contribution in [3.8, 4) is 0 Å². The van der Waals surface area contributed by atoms with Gasteiger partial charge in [-0.25, -0.2) is 8.42 Å². The maximum Gasteiger partial charge on any atom is 0.293 e. The molecule has 0 saturated carbocycles. The lowest BCUT2D eigenvalue weighted by atomic mass is 10.4. The van der Waals surface area contributed by atoms with Crippen LogP contribution in [0, 0.1) is 0 Å². The molecule has 130 valence electrons. The summed E-state index contributed by atoms with van der Waals surface area (Å²) in [5.74, 6) is -0.724. The predicted octanol–water partition coefficient (Wildman–Crippen LogP) is 3.70. The standard InChI is InChI=1S/C14H10BrN3O4S3/c1-23-14-18-17-13(24-14)16-12(19)10-6-7-11(22-10)25(20,21)9-4-2-8(15)3-5-9/h2-7H,1H3,(H,16,17,19). The Hall–Kier alpha value is -1.69. The average Bonchev–Trinajstić information content (AvgIpc) is 3.24. The number of thioether (sulfide) groups is 1. The molecule has 0 fully saturated rings. The van der Waals surface area contributed by atoms with E-state index in [4.69, 9.17) is 4.42 Å². The topological polar surface area (TPSA) is 102 Å². The Morgan fingerprint density at radius 3 is 2.56 bits per heavy atom. The second-order valence-corrected chi connectivity index (χ2v) is 9.43. The Bertz CT molecular complexity index is 1010. The van der Waals surface area contributed by atoms with Crippen LogP contribution >= 0.6 is 39.0 Å². The number of carbonyl (C=O) groups is 1. The number of nitrogens with one attached hydrogen (secondary N) is 1. The SMILES string of the molecule is CSc1nnc(NC(=O)c2ccc(S(=O)(=O)c3ccc(Br)cc3)o2)s1. The van der Waals surface area contributed by atoms with Gasteiger partial charge in [-0.05, 0) is 42.7 Å². The van der Waals surface area contributed by atoms with Crippen molar-refractivity contribution in [2.24, 2.45) is 0 Å². The van der Waals surface area contributed by atoms with E-state index in [1.54, 1.807) is 12.1 Å². The maximum absolute atomic E-state index is 12.5. The molecule has 0 radical (unpaired) electrons. The fraction of sp³-hybridized carbons (Fsp3) is 0.0714. The van der Waals surface area contributed by atoms with Gasteiger partial charge in [0, 0.05) is 4.47 Å². The molecular formula is C14H10BrN3O4S3. The Kier molecular flexibility index (Phi) is 5.27. The number of hydrogen-bond acceptors (Lipinski definition) is 8. The lowest BCUT2D eigenvalue weighted by Crippen LogP contribution is -2.10. The first-order valence-corrected chi connectivity index (χ1v) is 11.0. The molecule has 1 N–H and O–H groups in total. The molecule has 1 amide bonds. The molecular weight excluding hydrogens is 450 g/mol. The van der Waals surface area contributed by atoms with Gasteiger partial charge < -0.3 is 4.42 Å². The molecule has 0 saturated heterocycles. The number of nitrogens with zero attached hydrogens (tertiary/aromatic N) is 2. The Labute approximate surface area is 159 Å². The van der Waals surface area contributed by atoms with Gasteiger partial charge in [0.1, 0.15) is 0 Å². The van der Waals surface area contributed by atoms with E-state index in [1.165, 1.54) is 47.4 Å². The minimum atomic E-state index is -3.84. The van der Waals surface area contributed by atoms with Gasteiger partial charge in [-0.2, -0.15) is 0 Å². The lowest BCUT2D eigenvalue weighted by Gasteiger charge is -2.01. The average molecular weight is 460 g/mol. The molecule has 0 unspecified atom stereocenters. The minimum Gasteiger partial charge on any atom is -0.439 e. The molecule has 0 aliphatic heterocycles. The fourth-order valence-electron chi connectivity index (χ4n) is 1.82. The number of carbonyl (C=O) groups excluding carboxylic acids is 1. The van der Waals surface area contributed by atoms with E-state index in [2.05, 4.69) is 31.4 Å². The number of aromatic nitrogens is 2. The highest BCUT2D eigenvalue weighted by molar-refractivity contribution is 9.10. The van der Waals surface area contributed by atoms with Crippen LogP contribution in [0.25, 0.3) is 0 Å². The number of hydrogen-bond donors (Lipinski definition) is 1. The van der Waals surface area contributed by atoms with E-state index >= 15 is 0 Å². The van der Waals surface area contributed by atoms with Crippen LogP contribution in [0.5, 0.6) is 0 Å².